The number of halogens is 3. The molecule has 4 aromatic rings. The normalized spacial score (nSPS) is 14.9. The van der Waals surface area contributed by atoms with Gasteiger partial charge in [-0.25, -0.2) is 18.0 Å². The van der Waals surface area contributed by atoms with Crippen molar-refractivity contribution in [1.82, 2.24) is 9.47 Å². The van der Waals surface area contributed by atoms with Gasteiger partial charge in [0.15, 0.2) is 0 Å². The first kappa shape index (κ1) is 20.9. The molecule has 166 valence electrons. The van der Waals surface area contributed by atoms with Crippen molar-refractivity contribution in [2.24, 2.45) is 0 Å². The lowest BCUT2D eigenvalue weighted by molar-refractivity contribution is 0.194. The number of aromatic nitrogens is 1. The van der Waals surface area contributed by atoms with E-state index >= 15 is 0 Å². The molecule has 1 N–H and O–H groups in total. The Hall–Kier alpha value is -4.00. The molecule has 0 saturated heterocycles. The summed E-state index contributed by atoms with van der Waals surface area (Å²) in [5.74, 6) is -1.90. The highest BCUT2D eigenvalue weighted by Crippen LogP contribution is 2.37. The van der Waals surface area contributed by atoms with Gasteiger partial charge < -0.3 is 14.8 Å². The van der Waals surface area contributed by atoms with Gasteiger partial charge in [-0.2, -0.15) is 0 Å². The first-order valence-corrected chi connectivity index (χ1v) is 10.5. The first-order valence-electron chi connectivity index (χ1n) is 10.5. The number of benzene rings is 3. The quantitative estimate of drug-likeness (QED) is 0.383. The van der Waals surface area contributed by atoms with Crippen LogP contribution >= 0.6 is 0 Å². The van der Waals surface area contributed by atoms with Crippen LogP contribution in [0.4, 0.5) is 23.7 Å². The summed E-state index contributed by atoms with van der Waals surface area (Å²) < 4.78 is 44.4. The Morgan fingerprint density at radius 3 is 2.45 bits per heavy atom. The van der Waals surface area contributed by atoms with Gasteiger partial charge in [-0.05, 0) is 66.1 Å². The standard InChI is InChI=1S/C26H20F3N3O/c1-16-8-9-21(14-22(16)29)30-26(33)32-15-17-5-2-3-6-23(17)31-10-4-7-24(31)25(32)18-11-19(27)13-20(28)12-18/h2-14,25H,15H2,1H3,(H,30,33). The average molecular weight is 447 g/mol. The Kier molecular flexibility index (Phi) is 5.17. The van der Waals surface area contributed by atoms with E-state index in [9.17, 15) is 18.0 Å². The van der Waals surface area contributed by atoms with Crippen LogP contribution in [-0.4, -0.2) is 15.5 Å². The van der Waals surface area contributed by atoms with E-state index in [0.29, 0.717) is 22.5 Å². The van der Waals surface area contributed by atoms with Crippen LogP contribution < -0.4 is 5.32 Å². The van der Waals surface area contributed by atoms with Crippen molar-refractivity contribution in [2.75, 3.05) is 5.32 Å². The van der Waals surface area contributed by atoms with Crippen molar-refractivity contribution < 1.29 is 18.0 Å². The zero-order chi connectivity index (χ0) is 23.1. The third kappa shape index (κ3) is 3.86. The second kappa shape index (κ2) is 8.16. The van der Waals surface area contributed by atoms with Crippen molar-refractivity contribution >= 4 is 11.7 Å². The largest absolute Gasteiger partial charge is 0.322 e. The highest BCUT2D eigenvalue weighted by molar-refractivity contribution is 5.90. The van der Waals surface area contributed by atoms with E-state index in [1.807, 2.05) is 47.2 Å². The zero-order valence-electron chi connectivity index (χ0n) is 17.7. The Morgan fingerprint density at radius 2 is 1.70 bits per heavy atom. The third-order valence-electron chi connectivity index (χ3n) is 5.85. The Balaban J connectivity index is 1.64. The summed E-state index contributed by atoms with van der Waals surface area (Å²) in [6.07, 6.45) is 1.85. The van der Waals surface area contributed by atoms with Gasteiger partial charge in [-0.15, -0.1) is 0 Å². The number of carbonyl (C=O) groups excluding carboxylic acids is 1. The van der Waals surface area contributed by atoms with Gasteiger partial charge in [-0.1, -0.05) is 24.3 Å². The smallest absolute Gasteiger partial charge is 0.318 e. The molecule has 1 unspecified atom stereocenters. The fourth-order valence-corrected chi connectivity index (χ4v) is 4.29. The third-order valence-corrected chi connectivity index (χ3v) is 5.85. The van der Waals surface area contributed by atoms with Gasteiger partial charge >= 0.3 is 6.03 Å². The maximum absolute atomic E-state index is 14.2. The summed E-state index contributed by atoms with van der Waals surface area (Å²) in [6, 6.07) is 17.6. The lowest BCUT2D eigenvalue weighted by Crippen LogP contribution is -2.38. The number of fused-ring (bicyclic) bond motifs is 3. The van der Waals surface area contributed by atoms with E-state index in [4.69, 9.17) is 0 Å². The molecule has 0 spiro atoms. The lowest BCUT2D eigenvalue weighted by Gasteiger charge is -2.31. The molecule has 5 rings (SSSR count). The molecule has 0 aliphatic carbocycles. The summed E-state index contributed by atoms with van der Waals surface area (Å²) in [7, 11) is 0. The summed E-state index contributed by atoms with van der Waals surface area (Å²) in [5.41, 5.74) is 3.46. The van der Waals surface area contributed by atoms with Crippen LogP contribution in [0.15, 0.2) is 79.0 Å². The number of anilines is 1. The molecule has 1 aliphatic heterocycles. The minimum atomic E-state index is -0.784. The predicted octanol–water partition coefficient (Wildman–Crippen LogP) is 6.34. The first-order chi connectivity index (χ1) is 15.9. The Morgan fingerprint density at radius 1 is 0.939 bits per heavy atom. The van der Waals surface area contributed by atoms with Crippen molar-refractivity contribution in [1.29, 1.82) is 0 Å². The van der Waals surface area contributed by atoms with Gasteiger partial charge in [0.25, 0.3) is 0 Å². The molecule has 2 heterocycles. The number of hydrogen-bond donors (Lipinski definition) is 1. The molecule has 1 aliphatic rings. The summed E-state index contributed by atoms with van der Waals surface area (Å²) in [4.78, 5) is 15.0. The van der Waals surface area contributed by atoms with Crippen LogP contribution in [0.2, 0.25) is 0 Å². The topological polar surface area (TPSA) is 37.3 Å². The van der Waals surface area contributed by atoms with Crippen molar-refractivity contribution in [2.45, 2.75) is 19.5 Å². The van der Waals surface area contributed by atoms with E-state index in [0.717, 1.165) is 17.3 Å². The fraction of sp³-hybridized carbons (Fsp3) is 0.115. The van der Waals surface area contributed by atoms with Crippen molar-refractivity contribution in [3.63, 3.8) is 0 Å². The number of amides is 2. The second-order valence-corrected chi connectivity index (χ2v) is 8.06. The van der Waals surface area contributed by atoms with Crippen LogP contribution in [0.5, 0.6) is 0 Å². The fourth-order valence-electron chi connectivity index (χ4n) is 4.29. The maximum Gasteiger partial charge on any atom is 0.322 e. The molecule has 0 radical (unpaired) electrons. The van der Waals surface area contributed by atoms with Gasteiger partial charge in [0, 0.05) is 23.6 Å². The Labute approximate surface area is 188 Å². The molecule has 0 bridgehead atoms. The van der Waals surface area contributed by atoms with E-state index in [2.05, 4.69) is 5.32 Å². The molecule has 4 nitrogen and oxygen atoms in total. The van der Waals surface area contributed by atoms with Crippen LogP contribution in [0, 0.1) is 24.4 Å². The van der Waals surface area contributed by atoms with Gasteiger partial charge in [0.1, 0.15) is 17.5 Å². The molecule has 1 aromatic heterocycles. The molecule has 7 heteroatoms. The molecule has 3 aromatic carbocycles. The number of para-hydroxylation sites is 1. The van der Waals surface area contributed by atoms with Gasteiger partial charge in [0.05, 0.1) is 18.3 Å². The van der Waals surface area contributed by atoms with Crippen LogP contribution in [0.3, 0.4) is 0 Å². The van der Waals surface area contributed by atoms with Gasteiger partial charge in [0.2, 0.25) is 0 Å². The summed E-state index contributed by atoms with van der Waals surface area (Å²) in [5, 5.41) is 2.74. The monoisotopic (exact) mass is 447 g/mol. The molecular weight excluding hydrogens is 427 g/mol. The maximum atomic E-state index is 14.2. The van der Waals surface area contributed by atoms with E-state index < -0.39 is 29.5 Å². The van der Waals surface area contributed by atoms with E-state index in [-0.39, 0.29) is 6.54 Å². The highest BCUT2D eigenvalue weighted by atomic mass is 19.1. The number of nitrogens with one attached hydrogen (secondary N) is 1. The van der Waals surface area contributed by atoms with Gasteiger partial charge in [-0.3, -0.25) is 0 Å². The number of rotatable bonds is 2. The number of aryl methyl sites for hydroxylation is 1. The SMILES string of the molecule is Cc1ccc(NC(=O)N2Cc3ccccc3-n3cccc3C2c2cc(F)cc(F)c2)cc1F. The number of nitrogens with zero attached hydrogens (tertiary/aromatic N) is 2. The second-order valence-electron chi connectivity index (χ2n) is 8.06. The van der Waals surface area contributed by atoms with Crippen LogP contribution in [0.25, 0.3) is 5.69 Å². The summed E-state index contributed by atoms with van der Waals surface area (Å²) >= 11 is 0. The minimum Gasteiger partial charge on any atom is -0.318 e. The molecule has 0 saturated carbocycles. The molecular formula is C26H20F3N3O. The highest BCUT2D eigenvalue weighted by Gasteiger charge is 2.33. The molecule has 0 fully saturated rings. The lowest BCUT2D eigenvalue weighted by atomic mass is 10.0. The van der Waals surface area contributed by atoms with E-state index in [1.54, 1.807) is 19.1 Å². The molecule has 1 atom stereocenters. The van der Waals surface area contributed by atoms with Crippen LogP contribution in [0.1, 0.15) is 28.4 Å². The number of hydrogen-bond acceptors (Lipinski definition) is 1. The summed E-state index contributed by atoms with van der Waals surface area (Å²) in [6.45, 7) is 1.82. The minimum absolute atomic E-state index is 0.181. The Bertz CT molecular complexity index is 1340. The number of urea groups is 1. The molecule has 2 amide bonds. The molecule has 33 heavy (non-hydrogen) atoms. The van der Waals surface area contributed by atoms with Crippen LogP contribution in [-0.2, 0) is 6.54 Å². The van der Waals surface area contributed by atoms with Crippen molar-refractivity contribution in [3.05, 3.63) is 119 Å². The average Bonchev–Trinajstić information content (AvgIpc) is 3.19. The predicted molar refractivity (Wildman–Crippen MR) is 120 cm³/mol. The zero-order valence-corrected chi connectivity index (χ0v) is 17.7. The van der Waals surface area contributed by atoms with Crippen molar-refractivity contribution in [3.8, 4) is 5.69 Å². The number of carbonyl (C=O) groups is 1. The van der Waals surface area contributed by atoms with E-state index in [1.165, 1.54) is 23.1 Å².